The second kappa shape index (κ2) is 7.56. The van der Waals surface area contributed by atoms with E-state index in [4.69, 9.17) is 9.15 Å². The summed E-state index contributed by atoms with van der Waals surface area (Å²) in [6, 6.07) is 15.7. The lowest BCUT2D eigenvalue weighted by Gasteiger charge is -2.09. The predicted molar refractivity (Wildman–Crippen MR) is 106 cm³/mol. The summed E-state index contributed by atoms with van der Waals surface area (Å²) in [4.78, 5) is 12.8. The first-order valence-corrected chi connectivity index (χ1v) is 9.19. The van der Waals surface area contributed by atoms with Crippen molar-refractivity contribution in [3.63, 3.8) is 0 Å². The molecule has 28 heavy (non-hydrogen) atoms. The van der Waals surface area contributed by atoms with Crippen LogP contribution in [-0.4, -0.2) is 0 Å². The molecule has 0 unspecified atom stereocenters. The zero-order chi connectivity index (χ0) is 19.7. The van der Waals surface area contributed by atoms with E-state index in [-0.39, 0.29) is 17.6 Å². The van der Waals surface area contributed by atoms with Gasteiger partial charge in [-0.15, -0.1) is 0 Å². The molecule has 3 aromatic carbocycles. The molecular formula is C22H13BrF2O3. The smallest absolute Gasteiger partial charge is 0.200 e. The van der Waals surface area contributed by atoms with Crippen molar-refractivity contribution in [1.82, 2.24) is 0 Å². The van der Waals surface area contributed by atoms with Gasteiger partial charge in [0.25, 0.3) is 0 Å². The fraction of sp³-hybridized carbons (Fsp3) is 0.0455. The van der Waals surface area contributed by atoms with Gasteiger partial charge in [0.05, 0.1) is 16.5 Å². The van der Waals surface area contributed by atoms with E-state index in [0.717, 1.165) is 10.0 Å². The molecule has 0 atom stereocenters. The first-order valence-electron chi connectivity index (χ1n) is 8.40. The van der Waals surface area contributed by atoms with E-state index in [2.05, 4.69) is 15.9 Å². The SMILES string of the molecule is O=c1c(-c2ccc(Br)cc2)coc2cc(OCc3c(F)cccc3F)ccc12. The summed E-state index contributed by atoms with van der Waals surface area (Å²) in [5.74, 6) is -1.01. The molecule has 0 radical (unpaired) electrons. The van der Waals surface area contributed by atoms with E-state index < -0.39 is 11.6 Å². The molecule has 0 aliphatic heterocycles. The second-order valence-corrected chi connectivity index (χ2v) is 7.05. The zero-order valence-corrected chi connectivity index (χ0v) is 16.0. The van der Waals surface area contributed by atoms with Crippen LogP contribution >= 0.6 is 15.9 Å². The lowest BCUT2D eigenvalue weighted by Crippen LogP contribution is -2.05. The van der Waals surface area contributed by atoms with Crippen LogP contribution in [0, 0.1) is 11.6 Å². The fourth-order valence-corrected chi connectivity index (χ4v) is 3.12. The van der Waals surface area contributed by atoms with Gasteiger partial charge in [-0.25, -0.2) is 8.78 Å². The van der Waals surface area contributed by atoms with Crippen LogP contribution < -0.4 is 10.2 Å². The number of benzene rings is 3. The topological polar surface area (TPSA) is 39.4 Å². The molecule has 1 heterocycles. The largest absolute Gasteiger partial charge is 0.489 e. The number of hydrogen-bond acceptors (Lipinski definition) is 3. The average molecular weight is 443 g/mol. The lowest BCUT2D eigenvalue weighted by molar-refractivity contribution is 0.292. The highest BCUT2D eigenvalue weighted by atomic mass is 79.9. The van der Waals surface area contributed by atoms with Crippen LogP contribution in [0.15, 0.2) is 80.6 Å². The van der Waals surface area contributed by atoms with Gasteiger partial charge in [0.1, 0.15) is 35.8 Å². The maximum Gasteiger partial charge on any atom is 0.200 e. The second-order valence-electron chi connectivity index (χ2n) is 6.13. The van der Waals surface area contributed by atoms with Crippen LogP contribution in [0.25, 0.3) is 22.1 Å². The Morgan fingerprint density at radius 1 is 0.964 bits per heavy atom. The van der Waals surface area contributed by atoms with Crippen molar-refractivity contribution in [2.45, 2.75) is 6.61 Å². The minimum Gasteiger partial charge on any atom is -0.489 e. The first kappa shape index (κ1) is 18.4. The third-order valence-corrected chi connectivity index (χ3v) is 4.87. The molecule has 0 bridgehead atoms. The van der Waals surface area contributed by atoms with Crippen molar-refractivity contribution in [2.75, 3.05) is 0 Å². The Hall–Kier alpha value is -2.99. The Morgan fingerprint density at radius 2 is 1.68 bits per heavy atom. The molecule has 0 saturated carbocycles. The van der Waals surface area contributed by atoms with E-state index >= 15 is 0 Å². The summed E-state index contributed by atoms with van der Waals surface area (Å²) in [5.41, 5.74) is 1.19. The zero-order valence-electron chi connectivity index (χ0n) is 14.4. The Morgan fingerprint density at radius 3 is 2.39 bits per heavy atom. The van der Waals surface area contributed by atoms with Crippen molar-refractivity contribution in [3.8, 4) is 16.9 Å². The highest BCUT2D eigenvalue weighted by Crippen LogP contribution is 2.25. The number of fused-ring (bicyclic) bond motifs is 1. The third-order valence-electron chi connectivity index (χ3n) is 4.35. The molecule has 0 fully saturated rings. The Kier molecular flexibility index (Phi) is 4.96. The van der Waals surface area contributed by atoms with Gasteiger partial charge in [-0.2, -0.15) is 0 Å². The van der Waals surface area contributed by atoms with Crippen LogP contribution in [0.2, 0.25) is 0 Å². The molecular weight excluding hydrogens is 430 g/mol. The van der Waals surface area contributed by atoms with Gasteiger partial charge < -0.3 is 9.15 Å². The standard InChI is InChI=1S/C22H13BrF2O3/c23-14-6-4-13(5-7-14)17-11-28-21-10-15(8-9-16(21)22(17)26)27-12-18-19(24)2-1-3-20(18)25/h1-11H,12H2. The summed E-state index contributed by atoms with van der Waals surface area (Å²) < 4.78 is 39.4. The van der Waals surface area contributed by atoms with E-state index in [1.165, 1.54) is 30.5 Å². The molecule has 4 aromatic rings. The van der Waals surface area contributed by atoms with Crippen molar-refractivity contribution in [1.29, 1.82) is 0 Å². The van der Waals surface area contributed by atoms with Crippen LogP contribution in [-0.2, 0) is 6.61 Å². The Balaban J connectivity index is 1.64. The lowest BCUT2D eigenvalue weighted by atomic mass is 10.1. The van der Waals surface area contributed by atoms with Crippen molar-refractivity contribution < 1.29 is 17.9 Å². The molecule has 0 aliphatic rings. The molecule has 0 saturated heterocycles. The third kappa shape index (κ3) is 3.55. The molecule has 0 N–H and O–H groups in total. The summed E-state index contributed by atoms with van der Waals surface area (Å²) in [6.07, 6.45) is 1.40. The van der Waals surface area contributed by atoms with Crippen LogP contribution in [0.5, 0.6) is 5.75 Å². The molecule has 140 valence electrons. The van der Waals surface area contributed by atoms with E-state index in [9.17, 15) is 13.6 Å². The quantitative estimate of drug-likeness (QED) is 0.384. The molecule has 6 heteroatoms. The van der Waals surface area contributed by atoms with Crippen LogP contribution in [0.4, 0.5) is 8.78 Å². The molecule has 4 rings (SSSR count). The molecule has 0 aliphatic carbocycles. The summed E-state index contributed by atoms with van der Waals surface area (Å²) >= 11 is 3.36. The summed E-state index contributed by atoms with van der Waals surface area (Å²) in [7, 11) is 0. The first-order chi connectivity index (χ1) is 13.5. The number of halogens is 3. The minimum atomic E-state index is -0.675. The Labute approximate surface area is 167 Å². The van der Waals surface area contributed by atoms with Crippen LogP contribution in [0.1, 0.15) is 5.56 Å². The maximum absolute atomic E-state index is 13.7. The number of hydrogen-bond donors (Lipinski definition) is 0. The van der Waals surface area contributed by atoms with Gasteiger partial charge in [-0.1, -0.05) is 34.1 Å². The highest BCUT2D eigenvalue weighted by molar-refractivity contribution is 9.10. The van der Waals surface area contributed by atoms with Crippen molar-refractivity contribution in [3.05, 3.63) is 98.8 Å². The predicted octanol–water partition coefficient (Wildman–Crippen LogP) is 6.08. The van der Waals surface area contributed by atoms with Gasteiger partial charge in [0.15, 0.2) is 5.43 Å². The number of ether oxygens (including phenoxy) is 1. The van der Waals surface area contributed by atoms with Gasteiger partial charge >= 0.3 is 0 Å². The highest BCUT2D eigenvalue weighted by Gasteiger charge is 2.12. The van der Waals surface area contributed by atoms with Gasteiger partial charge in [0, 0.05) is 10.5 Å². The van der Waals surface area contributed by atoms with Gasteiger partial charge in [0.2, 0.25) is 0 Å². The van der Waals surface area contributed by atoms with E-state index in [1.807, 2.05) is 24.3 Å². The normalized spacial score (nSPS) is 11.0. The van der Waals surface area contributed by atoms with Crippen molar-refractivity contribution >= 4 is 26.9 Å². The number of rotatable bonds is 4. The maximum atomic E-state index is 13.7. The van der Waals surface area contributed by atoms with Gasteiger partial charge in [-0.3, -0.25) is 4.79 Å². The van der Waals surface area contributed by atoms with Crippen molar-refractivity contribution in [2.24, 2.45) is 0 Å². The molecule has 3 nitrogen and oxygen atoms in total. The van der Waals surface area contributed by atoms with E-state index in [0.29, 0.717) is 22.3 Å². The summed E-state index contributed by atoms with van der Waals surface area (Å²) in [5, 5.41) is 0.393. The molecule has 0 spiro atoms. The average Bonchev–Trinajstić information content (AvgIpc) is 2.69. The Bertz CT molecular complexity index is 1200. The fourth-order valence-electron chi connectivity index (χ4n) is 2.85. The monoisotopic (exact) mass is 442 g/mol. The summed E-state index contributed by atoms with van der Waals surface area (Å²) in [6.45, 7) is -0.273. The molecule has 1 aromatic heterocycles. The minimum absolute atomic E-state index is 0.158. The van der Waals surface area contributed by atoms with E-state index in [1.54, 1.807) is 12.1 Å². The van der Waals surface area contributed by atoms with Crippen LogP contribution in [0.3, 0.4) is 0 Å². The van der Waals surface area contributed by atoms with Gasteiger partial charge in [-0.05, 0) is 42.0 Å². The molecule has 0 amide bonds.